The fourth-order valence-electron chi connectivity index (χ4n) is 5.49. The molecule has 0 aliphatic heterocycles. The Kier molecular flexibility index (Phi) is 15.1. The summed E-state index contributed by atoms with van der Waals surface area (Å²) in [5, 5.41) is 21.7. The molecule has 13 nitrogen and oxygen atoms in total. The summed E-state index contributed by atoms with van der Waals surface area (Å²) in [5.41, 5.74) is 4.89. The zero-order valence-corrected chi connectivity index (χ0v) is 31.4. The standard InChI is InChI=1S/C39H54N6O7/c1-9-52-37(50)43-32(38(2,3)4)34(47)41-30(23-26-15-11-10-12-16-26)31(46)25-45(44-35(48)33(39(5,6)7)42-36(49)51-8)24-27-18-20-28(21-19-27)29-17-13-14-22-40-29/h10-22,30-33,46H,9,23-25H2,1-8H3,(H,41,47)(H,42,49)(H,43,50)(H,44,48). The van der Waals surface area contributed by atoms with Crippen molar-refractivity contribution < 1.29 is 33.8 Å². The molecule has 4 amide bonds. The van der Waals surface area contributed by atoms with E-state index in [0.717, 1.165) is 22.4 Å². The number of rotatable bonds is 15. The third-order valence-electron chi connectivity index (χ3n) is 8.30. The summed E-state index contributed by atoms with van der Waals surface area (Å²) >= 11 is 0. The molecule has 282 valence electrons. The van der Waals surface area contributed by atoms with Crippen LogP contribution in [-0.4, -0.2) is 83.6 Å². The van der Waals surface area contributed by atoms with Crippen LogP contribution in [0.1, 0.15) is 59.6 Å². The number of aliphatic hydroxyl groups excluding tert-OH is 1. The van der Waals surface area contributed by atoms with Crippen molar-refractivity contribution in [2.75, 3.05) is 20.3 Å². The van der Waals surface area contributed by atoms with Crippen LogP contribution in [0.15, 0.2) is 79.0 Å². The molecule has 2 aromatic carbocycles. The lowest BCUT2D eigenvalue weighted by Gasteiger charge is -2.35. The molecule has 4 unspecified atom stereocenters. The average Bonchev–Trinajstić information content (AvgIpc) is 3.09. The molecule has 1 heterocycles. The molecular weight excluding hydrogens is 664 g/mol. The second kappa shape index (κ2) is 19.0. The first-order valence-electron chi connectivity index (χ1n) is 17.4. The van der Waals surface area contributed by atoms with Crippen molar-refractivity contribution in [3.05, 3.63) is 90.1 Å². The summed E-state index contributed by atoms with van der Waals surface area (Å²) in [6.07, 6.45) is -0.741. The molecule has 0 radical (unpaired) electrons. The van der Waals surface area contributed by atoms with Crippen LogP contribution in [-0.2, 0) is 32.0 Å². The average molecular weight is 719 g/mol. The molecule has 0 saturated heterocycles. The number of nitrogens with zero attached hydrogens (tertiary/aromatic N) is 2. The first kappa shape index (κ1) is 41.4. The van der Waals surface area contributed by atoms with Crippen LogP contribution >= 0.6 is 0 Å². The lowest BCUT2D eigenvalue weighted by atomic mass is 9.85. The van der Waals surface area contributed by atoms with Crippen LogP contribution in [0.4, 0.5) is 9.59 Å². The molecule has 0 fully saturated rings. The number of aliphatic hydroxyl groups is 1. The van der Waals surface area contributed by atoms with E-state index in [2.05, 4.69) is 26.4 Å². The van der Waals surface area contributed by atoms with Crippen molar-refractivity contribution in [1.29, 1.82) is 0 Å². The van der Waals surface area contributed by atoms with Gasteiger partial charge in [-0.3, -0.25) is 20.0 Å². The highest BCUT2D eigenvalue weighted by Gasteiger charge is 2.37. The Morgan fingerprint density at radius 3 is 1.92 bits per heavy atom. The minimum Gasteiger partial charge on any atom is -0.453 e. The molecule has 0 bridgehead atoms. The fraction of sp³-hybridized carbons (Fsp3) is 0.462. The Hall–Kier alpha value is -5.01. The number of aromatic nitrogens is 1. The van der Waals surface area contributed by atoms with E-state index < -0.39 is 59.1 Å². The van der Waals surface area contributed by atoms with E-state index in [4.69, 9.17) is 9.47 Å². The van der Waals surface area contributed by atoms with Crippen LogP contribution in [0.5, 0.6) is 0 Å². The zero-order valence-electron chi connectivity index (χ0n) is 31.4. The Balaban J connectivity index is 1.95. The first-order valence-corrected chi connectivity index (χ1v) is 17.4. The van der Waals surface area contributed by atoms with Gasteiger partial charge >= 0.3 is 12.2 Å². The summed E-state index contributed by atoms with van der Waals surface area (Å²) in [6, 6.07) is 19.9. The highest BCUT2D eigenvalue weighted by atomic mass is 16.5. The van der Waals surface area contributed by atoms with Gasteiger partial charge in [-0.1, -0.05) is 102 Å². The van der Waals surface area contributed by atoms with Gasteiger partial charge in [-0.25, -0.2) is 14.6 Å². The van der Waals surface area contributed by atoms with E-state index in [9.17, 15) is 24.3 Å². The van der Waals surface area contributed by atoms with Gasteiger partial charge in [0.2, 0.25) is 5.91 Å². The van der Waals surface area contributed by atoms with Gasteiger partial charge in [-0.15, -0.1) is 0 Å². The van der Waals surface area contributed by atoms with E-state index in [0.29, 0.717) is 0 Å². The number of hydrogen-bond acceptors (Lipinski definition) is 9. The fourth-order valence-corrected chi connectivity index (χ4v) is 5.49. The molecule has 13 heteroatoms. The van der Waals surface area contributed by atoms with Crippen LogP contribution < -0.4 is 21.4 Å². The third-order valence-corrected chi connectivity index (χ3v) is 8.30. The highest BCUT2D eigenvalue weighted by Crippen LogP contribution is 2.23. The zero-order chi connectivity index (χ0) is 38.5. The third kappa shape index (κ3) is 13.0. The van der Waals surface area contributed by atoms with Crippen LogP contribution in [0.25, 0.3) is 11.3 Å². The molecule has 0 aliphatic rings. The second-order valence-corrected chi connectivity index (χ2v) is 14.7. The number of alkyl carbamates (subject to hydrolysis) is 2. The van der Waals surface area contributed by atoms with Gasteiger partial charge in [0.15, 0.2) is 0 Å². The minimum atomic E-state index is -1.22. The van der Waals surface area contributed by atoms with Crippen LogP contribution in [0.2, 0.25) is 0 Å². The molecule has 0 saturated carbocycles. The van der Waals surface area contributed by atoms with Crippen LogP contribution in [0.3, 0.4) is 0 Å². The molecule has 0 spiro atoms. The first-order chi connectivity index (χ1) is 24.5. The van der Waals surface area contributed by atoms with Gasteiger partial charge < -0.3 is 30.5 Å². The Labute approximate surface area is 306 Å². The number of hydrazine groups is 1. The Morgan fingerprint density at radius 2 is 1.37 bits per heavy atom. The van der Waals surface area contributed by atoms with Gasteiger partial charge in [0.25, 0.3) is 5.91 Å². The molecule has 3 aromatic rings. The number of nitrogens with one attached hydrogen (secondary N) is 4. The normalized spacial score (nSPS) is 14.0. The predicted octanol–water partition coefficient (Wildman–Crippen LogP) is 4.60. The highest BCUT2D eigenvalue weighted by molar-refractivity contribution is 5.87. The van der Waals surface area contributed by atoms with Crippen molar-refractivity contribution in [3.8, 4) is 11.3 Å². The number of pyridine rings is 1. The van der Waals surface area contributed by atoms with Crippen molar-refractivity contribution in [2.45, 2.75) is 85.7 Å². The van der Waals surface area contributed by atoms with E-state index in [1.165, 1.54) is 7.11 Å². The SMILES string of the molecule is CCOC(=O)NC(C(=O)NC(Cc1ccccc1)C(O)CN(Cc1ccc(-c2ccccn2)cc1)NC(=O)C(NC(=O)OC)C(C)(C)C)C(C)(C)C. The van der Waals surface area contributed by atoms with Gasteiger partial charge in [0.05, 0.1) is 31.6 Å². The largest absolute Gasteiger partial charge is 0.453 e. The molecule has 5 N–H and O–H groups in total. The second-order valence-electron chi connectivity index (χ2n) is 14.7. The number of carbonyl (C=O) groups is 4. The molecule has 4 atom stereocenters. The van der Waals surface area contributed by atoms with Gasteiger partial charge in [-0.2, -0.15) is 0 Å². The molecule has 52 heavy (non-hydrogen) atoms. The van der Waals surface area contributed by atoms with Gasteiger partial charge in [-0.05, 0) is 47.4 Å². The minimum absolute atomic E-state index is 0.119. The molecule has 1 aromatic heterocycles. The number of hydrogen-bond donors (Lipinski definition) is 5. The van der Waals surface area contributed by atoms with E-state index in [1.54, 1.807) is 18.1 Å². The molecular formula is C39H54N6O7. The smallest absolute Gasteiger partial charge is 0.407 e. The Bertz CT molecular complexity index is 1590. The summed E-state index contributed by atoms with van der Waals surface area (Å²) in [4.78, 5) is 56.7. The van der Waals surface area contributed by atoms with Gasteiger partial charge in [0.1, 0.15) is 12.1 Å². The maximum absolute atomic E-state index is 13.8. The quantitative estimate of drug-likeness (QED) is 0.141. The van der Waals surface area contributed by atoms with E-state index in [1.807, 2.05) is 114 Å². The van der Waals surface area contributed by atoms with Crippen LogP contribution in [0, 0.1) is 10.8 Å². The lowest BCUT2D eigenvalue weighted by Crippen LogP contribution is -2.60. The number of amides is 4. The Morgan fingerprint density at radius 1 is 0.769 bits per heavy atom. The topological polar surface area (TPSA) is 171 Å². The maximum atomic E-state index is 13.8. The lowest BCUT2D eigenvalue weighted by molar-refractivity contribution is -0.132. The van der Waals surface area contributed by atoms with Crippen molar-refractivity contribution >= 4 is 24.0 Å². The maximum Gasteiger partial charge on any atom is 0.407 e. The number of benzene rings is 2. The van der Waals surface area contributed by atoms with E-state index >= 15 is 0 Å². The van der Waals surface area contributed by atoms with Crippen molar-refractivity contribution in [2.24, 2.45) is 10.8 Å². The number of ether oxygens (including phenoxy) is 2. The summed E-state index contributed by atoms with van der Waals surface area (Å²) in [7, 11) is 1.22. The van der Waals surface area contributed by atoms with Crippen molar-refractivity contribution in [1.82, 2.24) is 31.4 Å². The number of carbonyl (C=O) groups excluding carboxylic acids is 4. The van der Waals surface area contributed by atoms with Gasteiger partial charge in [0, 0.05) is 24.8 Å². The summed E-state index contributed by atoms with van der Waals surface area (Å²) in [5.74, 6) is -1.03. The summed E-state index contributed by atoms with van der Waals surface area (Å²) < 4.78 is 9.84. The molecule has 3 rings (SSSR count). The summed E-state index contributed by atoms with van der Waals surface area (Å²) in [6.45, 7) is 12.7. The van der Waals surface area contributed by atoms with Crippen molar-refractivity contribution in [3.63, 3.8) is 0 Å². The monoisotopic (exact) mass is 718 g/mol. The number of methoxy groups -OCH3 is 1. The predicted molar refractivity (Wildman–Crippen MR) is 198 cm³/mol. The van der Waals surface area contributed by atoms with E-state index in [-0.39, 0.29) is 26.1 Å². The molecule has 0 aliphatic carbocycles.